The van der Waals surface area contributed by atoms with Crippen molar-refractivity contribution in [1.29, 1.82) is 0 Å². The first-order chi connectivity index (χ1) is 9.08. The molecular formula is C16H25Cl3N2. The van der Waals surface area contributed by atoms with Gasteiger partial charge in [-0.1, -0.05) is 23.2 Å². The van der Waals surface area contributed by atoms with Crippen molar-refractivity contribution in [2.45, 2.75) is 26.3 Å². The van der Waals surface area contributed by atoms with Crippen LogP contribution in [0, 0.1) is 6.92 Å². The average molecular weight is 352 g/mol. The highest BCUT2D eigenvalue weighted by atomic mass is 35.5. The lowest BCUT2D eigenvalue weighted by Crippen LogP contribution is -2.45. The minimum Gasteiger partial charge on any atom is -0.314 e. The molecule has 1 N–H and O–H groups in total. The molecule has 0 unspecified atom stereocenters. The van der Waals surface area contributed by atoms with Gasteiger partial charge in [0.25, 0.3) is 0 Å². The van der Waals surface area contributed by atoms with Gasteiger partial charge < -0.3 is 5.32 Å². The molecule has 120 valence electrons. The summed E-state index contributed by atoms with van der Waals surface area (Å²) in [7, 11) is 0. The van der Waals surface area contributed by atoms with Gasteiger partial charge in [0, 0.05) is 37.2 Å². The summed E-state index contributed by atoms with van der Waals surface area (Å²) >= 11 is 6.07. The molecule has 21 heavy (non-hydrogen) atoms. The maximum absolute atomic E-state index is 6.07. The number of benzene rings is 1. The standard InChI is InChI=1S/C16H23ClN2.2ClH/c1-12(2)10-16(19-8-6-18-7-9-19)15-5-4-14(17)11-13(15)3;;/h4-5,11,16,18H,1,6-10H2,2-3H3;2*1H/t16-;;/m1../s1. The number of aryl methyl sites for hydroxylation is 1. The summed E-state index contributed by atoms with van der Waals surface area (Å²) in [6, 6.07) is 6.66. The van der Waals surface area contributed by atoms with E-state index in [1.165, 1.54) is 16.7 Å². The molecule has 1 aromatic rings. The number of hydrogen-bond acceptors (Lipinski definition) is 2. The van der Waals surface area contributed by atoms with Crippen molar-refractivity contribution >= 4 is 36.4 Å². The van der Waals surface area contributed by atoms with E-state index in [0.717, 1.165) is 37.6 Å². The van der Waals surface area contributed by atoms with E-state index in [1.54, 1.807) is 0 Å². The van der Waals surface area contributed by atoms with Gasteiger partial charge in [0.2, 0.25) is 0 Å². The van der Waals surface area contributed by atoms with Crippen LogP contribution in [-0.2, 0) is 0 Å². The topological polar surface area (TPSA) is 15.3 Å². The molecule has 2 nitrogen and oxygen atoms in total. The second-order valence-corrected chi connectivity index (χ2v) is 5.90. The Hall–Kier alpha value is -0.250. The predicted octanol–water partition coefficient (Wildman–Crippen LogP) is 4.40. The van der Waals surface area contributed by atoms with E-state index < -0.39 is 0 Å². The Balaban J connectivity index is 0.00000200. The van der Waals surface area contributed by atoms with Crippen LogP contribution in [0.3, 0.4) is 0 Å². The van der Waals surface area contributed by atoms with Crippen molar-refractivity contribution in [2.75, 3.05) is 26.2 Å². The van der Waals surface area contributed by atoms with Gasteiger partial charge in [-0.25, -0.2) is 0 Å². The van der Waals surface area contributed by atoms with Crippen LogP contribution in [-0.4, -0.2) is 31.1 Å². The van der Waals surface area contributed by atoms with Crippen molar-refractivity contribution in [3.05, 3.63) is 46.5 Å². The fourth-order valence-electron chi connectivity index (χ4n) is 2.77. The molecule has 0 aromatic heterocycles. The quantitative estimate of drug-likeness (QED) is 0.809. The second-order valence-electron chi connectivity index (χ2n) is 5.46. The molecule has 0 aliphatic carbocycles. The molecule has 0 saturated carbocycles. The second kappa shape index (κ2) is 9.70. The molecule has 1 saturated heterocycles. The summed E-state index contributed by atoms with van der Waals surface area (Å²) in [6.07, 6.45) is 1.02. The molecule has 1 fully saturated rings. The van der Waals surface area contributed by atoms with E-state index in [-0.39, 0.29) is 24.8 Å². The van der Waals surface area contributed by atoms with Gasteiger partial charge in [-0.3, -0.25) is 4.90 Å². The molecule has 0 bridgehead atoms. The smallest absolute Gasteiger partial charge is 0.0408 e. The molecule has 1 atom stereocenters. The molecule has 1 aromatic carbocycles. The van der Waals surface area contributed by atoms with Gasteiger partial charge >= 0.3 is 0 Å². The van der Waals surface area contributed by atoms with Crippen molar-refractivity contribution in [1.82, 2.24) is 10.2 Å². The van der Waals surface area contributed by atoms with E-state index in [1.807, 2.05) is 6.07 Å². The van der Waals surface area contributed by atoms with Gasteiger partial charge in [0.15, 0.2) is 0 Å². The summed E-state index contributed by atoms with van der Waals surface area (Å²) in [4.78, 5) is 2.56. The van der Waals surface area contributed by atoms with E-state index in [9.17, 15) is 0 Å². The van der Waals surface area contributed by atoms with Crippen LogP contribution in [0.15, 0.2) is 30.4 Å². The average Bonchev–Trinajstić information content (AvgIpc) is 2.37. The molecule has 2 rings (SSSR count). The Bertz CT molecular complexity index is 457. The third kappa shape index (κ3) is 5.80. The van der Waals surface area contributed by atoms with E-state index >= 15 is 0 Å². The molecular weight excluding hydrogens is 327 g/mol. The summed E-state index contributed by atoms with van der Waals surface area (Å²) in [5.41, 5.74) is 3.89. The number of rotatable bonds is 4. The van der Waals surface area contributed by atoms with Crippen molar-refractivity contribution < 1.29 is 0 Å². The Morgan fingerprint density at radius 3 is 2.48 bits per heavy atom. The summed E-state index contributed by atoms with van der Waals surface area (Å²) in [5.74, 6) is 0. The van der Waals surface area contributed by atoms with Crippen LogP contribution in [0.4, 0.5) is 0 Å². The molecule has 1 heterocycles. The zero-order valence-electron chi connectivity index (χ0n) is 12.7. The highest BCUT2D eigenvalue weighted by Crippen LogP contribution is 2.31. The van der Waals surface area contributed by atoms with E-state index in [0.29, 0.717) is 6.04 Å². The van der Waals surface area contributed by atoms with Crippen LogP contribution in [0.25, 0.3) is 0 Å². The van der Waals surface area contributed by atoms with Crippen LogP contribution in [0.1, 0.15) is 30.5 Å². The zero-order chi connectivity index (χ0) is 13.8. The zero-order valence-corrected chi connectivity index (χ0v) is 15.1. The number of nitrogens with one attached hydrogen (secondary N) is 1. The first-order valence-corrected chi connectivity index (χ1v) is 7.31. The molecule has 0 radical (unpaired) electrons. The lowest BCUT2D eigenvalue weighted by Gasteiger charge is -2.36. The van der Waals surface area contributed by atoms with Crippen molar-refractivity contribution in [3.8, 4) is 0 Å². The van der Waals surface area contributed by atoms with Gasteiger partial charge in [0.1, 0.15) is 0 Å². The summed E-state index contributed by atoms with van der Waals surface area (Å²) in [5, 5.41) is 4.23. The minimum absolute atomic E-state index is 0. The molecule has 5 heteroatoms. The van der Waals surface area contributed by atoms with Crippen LogP contribution < -0.4 is 5.32 Å². The highest BCUT2D eigenvalue weighted by molar-refractivity contribution is 6.30. The first-order valence-electron chi connectivity index (χ1n) is 6.93. The Morgan fingerprint density at radius 1 is 1.33 bits per heavy atom. The van der Waals surface area contributed by atoms with Crippen LogP contribution >= 0.6 is 36.4 Å². The Morgan fingerprint density at radius 2 is 1.95 bits per heavy atom. The van der Waals surface area contributed by atoms with Gasteiger partial charge in [-0.15, -0.1) is 31.4 Å². The Labute approximate surface area is 145 Å². The van der Waals surface area contributed by atoms with Gasteiger partial charge in [-0.2, -0.15) is 0 Å². The third-order valence-electron chi connectivity index (χ3n) is 3.73. The monoisotopic (exact) mass is 350 g/mol. The number of piperazine rings is 1. The van der Waals surface area contributed by atoms with Crippen molar-refractivity contribution in [2.24, 2.45) is 0 Å². The normalized spacial score (nSPS) is 16.5. The molecule has 0 amide bonds. The summed E-state index contributed by atoms with van der Waals surface area (Å²) in [6.45, 7) is 12.7. The largest absolute Gasteiger partial charge is 0.314 e. The predicted molar refractivity (Wildman–Crippen MR) is 97.3 cm³/mol. The molecule has 0 spiro atoms. The number of nitrogens with zero attached hydrogens (tertiary/aromatic N) is 1. The van der Waals surface area contributed by atoms with Crippen molar-refractivity contribution in [3.63, 3.8) is 0 Å². The third-order valence-corrected chi connectivity index (χ3v) is 3.96. The van der Waals surface area contributed by atoms with Gasteiger partial charge in [0.05, 0.1) is 0 Å². The maximum Gasteiger partial charge on any atom is 0.0408 e. The van der Waals surface area contributed by atoms with Crippen LogP contribution in [0.2, 0.25) is 5.02 Å². The maximum atomic E-state index is 6.07. The SMILES string of the molecule is C=C(C)C[C@H](c1ccc(Cl)cc1C)N1CCNCC1.Cl.Cl. The van der Waals surface area contributed by atoms with E-state index in [4.69, 9.17) is 11.6 Å². The Kier molecular flexibility index (Phi) is 9.59. The lowest BCUT2D eigenvalue weighted by atomic mass is 9.94. The first kappa shape index (κ1) is 20.8. The highest BCUT2D eigenvalue weighted by Gasteiger charge is 2.23. The lowest BCUT2D eigenvalue weighted by molar-refractivity contribution is 0.172. The number of hydrogen-bond donors (Lipinski definition) is 1. The fraction of sp³-hybridized carbons (Fsp3) is 0.500. The molecule has 1 aliphatic rings. The minimum atomic E-state index is 0. The summed E-state index contributed by atoms with van der Waals surface area (Å²) < 4.78 is 0. The number of halogens is 3. The van der Waals surface area contributed by atoms with E-state index in [2.05, 4.69) is 42.8 Å². The van der Waals surface area contributed by atoms with Crippen LogP contribution in [0.5, 0.6) is 0 Å². The fourth-order valence-corrected chi connectivity index (χ4v) is 3.00. The molecule has 1 aliphatic heterocycles. The van der Waals surface area contributed by atoms with Gasteiger partial charge in [-0.05, 0) is 43.5 Å².